The van der Waals surface area contributed by atoms with Crippen LogP contribution in [0.4, 0.5) is 8.78 Å². The first kappa shape index (κ1) is 10.5. The number of halogens is 2. The van der Waals surface area contributed by atoms with Crippen molar-refractivity contribution in [2.45, 2.75) is 31.6 Å². The molecule has 0 spiro atoms. The molecule has 1 aromatic heterocycles. The first-order chi connectivity index (χ1) is 6.99. The van der Waals surface area contributed by atoms with Crippen molar-refractivity contribution >= 4 is 17.3 Å². The van der Waals surface area contributed by atoms with Crippen molar-refractivity contribution in [1.29, 1.82) is 0 Å². The van der Waals surface area contributed by atoms with E-state index < -0.39 is 11.9 Å². The van der Waals surface area contributed by atoms with E-state index in [-0.39, 0.29) is 24.1 Å². The fourth-order valence-electron chi connectivity index (χ4n) is 1.57. The molecule has 0 saturated carbocycles. The number of hydrogen-bond donors (Lipinski definition) is 1. The van der Waals surface area contributed by atoms with Gasteiger partial charge in [-0.3, -0.25) is 4.79 Å². The van der Waals surface area contributed by atoms with Gasteiger partial charge in [0.25, 0.3) is 5.92 Å². The van der Waals surface area contributed by atoms with E-state index in [1.54, 1.807) is 0 Å². The largest absolute Gasteiger partial charge is 0.481 e. The minimum Gasteiger partial charge on any atom is -0.481 e. The highest BCUT2D eigenvalue weighted by Gasteiger charge is 2.42. The van der Waals surface area contributed by atoms with E-state index in [9.17, 15) is 13.6 Å². The Hall–Kier alpha value is -1.04. The number of fused-ring (bicyclic) bond motifs is 1. The molecule has 0 atom stereocenters. The average Bonchev–Trinajstić information content (AvgIpc) is 2.65. The lowest BCUT2D eigenvalue weighted by atomic mass is 10.3. The van der Waals surface area contributed by atoms with E-state index in [0.717, 1.165) is 11.3 Å². The molecule has 2 rings (SSSR count). The lowest BCUT2D eigenvalue weighted by molar-refractivity contribution is -0.136. The van der Waals surface area contributed by atoms with E-state index in [2.05, 4.69) is 4.98 Å². The molecule has 1 aliphatic carbocycles. The Bertz CT molecular complexity index is 403. The predicted molar refractivity (Wildman–Crippen MR) is 50.3 cm³/mol. The summed E-state index contributed by atoms with van der Waals surface area (Å²) < 4.78 is 26.4. The summed E-state index contributed by atoms with van der Waals surface area (Å²) in [6, 6.07) is 0. The number of carboxylic acids is 1. The van der Waals surface area contributed by atoms with Gasteiger partial charge in [0.05, 0.1) is 22.0 Å². The van der Waals surface area contributed by atoms with Gasteiger partial charge in [0.1, 0.15) is 0 Å². The van der Waals surface area contributed by atoms with Crippen molar-refractivity contribution in [3.8, 4) is 0 Å². The molecule has 15 heavy (non-hydrogen) atoms. The monoisotopic (exact) mass is 233 g/mol. The summed E-state index contributed by atoms with van der Waals surface area (Å²) in [5.74, 6) is -3.69. The van der Waals surface area contributed by atoms with Crippen LogP contribution in [0.1, 0.15) is 28.4 Å². The van der Waals surface area contributed by atoms with Gasteiger partial charge in [-0.05, 0) is 6.42 Å². The zero-order valence-corrected chi connectivity index (χ0v) is 8.61. The van der Waals surface area contributed by atoms with E-state index in [1.807, 2.05) is 0 Å². The topological polar surface area (TPSA) is 50.2 Å². The zero-order valence-electron chi connectivity index (χ0n) is 7.80. The van der Waals surface area contributed by atoms with Gasteiger partial charge >= 0.3 is 5.97 Å². The molecule has 0 bridgehead atoms. The van der Waals surface area contributed by atoms with Crippen molar-refractivity contribution < 1.29 is 18.7 Å². The highest BCUT2D eigenvalue weighted by molar-refractivity contribution is 7.11. The Kier molecular flexibility index (Phi) is 2.46. The van der Waals surface area contributed by atoms with Gasteiger partial charge in [-0.1, -0.05) is 0 Å². The van der Waals surface area contributed by atoms with Gasteiger partial charge in [-0.15, -0.1) is 11.3 Å². The minimum absolute atomic E-state index is 0.0305. The van der Waals surface area contributed by atoms with Crippen molar-refractivity contribution in [1.82, 2.24) is 4.98 Å². The number of alkyl halides is 2. The summed E-state index contributed by atoms with van der Waals surface area (Å²) in [6.45, 7) is 0. The quantitative estimate of drug-likeness (QED) is 0.870. The lowest BCUT2D eigenvalue weighted by Crippen LogP contribution is -2.05. The van der Waals surface area contributed by atoms with Crippen LogP contribution >= 0.6 is 11.3 Å². The third-order valence-corrected chi connectivity index (χ3v) is 3.57. The number of aliphatic carboxylic acids is 1. The van der Waals surface area contributed by atoms with Gasteiger partial charge < -0.3 is 5.11 Å². The van der Waals surface area contributed by atoms with Crippen LogP contribution in [-0.4, -0.2) is 16.1 Å². The van der Waals surface area contributed by atoms with Crippen molar-refractivity contribution in [3.63, 3.8) is 0 Å². The number of aromatic nitrogens is 1. The van der Waals surface area contributed by atoms with Gasteiger partial charge in [0.2, 0.25) is 0 Å². The molecule has 1 N–H and O–H groups in total. The summed E-state index contributed by atoms with van der Waals surface area (Å²) in [6.07, 6.45) is 0.313. The van der Waals surface area contributed by atoms with E-state index in [0.29, 0.717) is 17.1 Å². The van der Waals surface area contributed by atoms with Gasteiger partial charge in [-0.2, -0.15) is 0 Å². The van der Waals surface area contributed by atoms with Crippen LogP contribution in [0, 0.1) is 0 Å². The van der Waals surface area contributed by atoms with Crippen LogP contribution in [0.25, 0.3) is 0 Å². The Balaban J connectivity index is 2.15. The van der Waals surface area contributed by atoms with Gasteiger partial charge in [0.15, 0.2) is 0 Å². The second kappa shape index (κ2) is 3.52. The van der Waals surface area contributed by atoms with Crippen LogP contribution in [0.3, 0.4) is 0 Å². The maximum atomic E-state index is 13.2. The normalized spacial score (nSPS) is 17.7. The molecule has 82 valence electrons. The van der Waals surface area contributed by atoms with Gasteiger partial charge in [-0.25, -0.2) is 13.8 Å². The Labute approximate surface area is 88.8 Å². The number of thiazole rings is 1. The summed E-state index contributed by atoms with van der Waals surface area (Å²) in [5.41, 5.74) is 0.449. The molecule has 1 aliphatic rings. The highest BCUT2D eigenvalue weighted by atomic mass is 32.1. The van der Waals surface area contributed by atoms with Crippen LogP contribution in [0.15, 0.2) is 0 Å². The lowest BCUT2D eigenvalue weighted by Gasteiger charge is -2.05. The Morgan fingerprint density at radius 3 is 2.93 bits per heavy atom. The summed E-state index contributed by atoms with van der Waals surface area (Å²) in [7, 11) is 0. The van der Waals surface area contributed by atoms with Crippen LogP contribution in [0.5, 0.6) is 0 Å². The van der Waals surface area contributed by atoms with E-state index >= 15 is 0 Å². The molecule has 0 amide bonds. The first-order valence-electron chi connectivity index (χ1n) is 4.58. The maximum Gasteiger partial charge on any atom is 0.303 e. The fourth-order valence-corrected chi connectivity index (χ4v) is 2.68. The number of carbonyl (C=O) groups is 1. The first-order valence-corrected chi connectivity index (χ1v) is 5.39. The average molecular weight is 233 g/mol. The third-order valence-electron chi connectivity index (χ3n) is 2.30. The summed E-state index contributed by atoms with van der Waals surface area (Å²) >= 11 is 0.946. The number of aryl methyl sites for hydroxylation is 2. The third kappa shape index (κ3) is 1.99. The minimum atomic E-state index is -2.76. The molecule has 0 saturated heterocycles. The molecular formula is C9H9F2NO2S. The second-order valence-corrected chi connectivity index (χ2v) is 4.57. The Morgan fingerprint density at radius 1 is 1.60 bits per heavy atom. The molecule has 0 radical (unpaired) electrons. The van der Waals surface area contributed by atoms with Crippen LogP contribution < -0.4 is 0 Å². The standard InChI is InChI=1S/C9H9F2NO2S/c10-9(11)4-3-5-8(9)15-6(12-5)1-2-7(13)14/h1-4H2,(H,13,14). The Morgan fingerprint density at radius 2 is 2.33 bits per heavy atom. The number of rotatable bonds is 3. The van der Waals surface area contributed by atoms with Crippen molar-refractivity contribution in [3.05, 3.63) is 15.6 Å². The predicted octanol–water partition coefficient (Wildman–Crippen LogP) is 2.20. The second-order valence-electron chi connectivity index (χ2n) is 3.48. The van der Waals surface area contributed by atoms with Gasteiger partial charge in [0, 0.05) is 12.8 Å². The molecule has 0 aromatic carbocycles. The SMILES string of the molecule is O=C(O)CCc1nc2c(s1)C(F)(F)CC2. The zero-order chi connectivity index (χ0) is 11.1. The van der Waals surface area contributed by atoms with Crippen molar-refractivity contribution in [2.24, 2.45) is 0 Å². The molecule has 0 fully saturated rings. The maximum absolute atomic E-state index is 13.2. The smallest absolute Gasteiger partial charge is 0.303 e. The summed E-state index contributed by atoms with van der Waals surface area (Å²) in [4.78, 5) is 14.4. The van der Waals surface area contributed by atoms with E-state index in [4.69, 9.17) is 5.11 Å². The number of carboxylic acid groups (broad SMARTS) is 1. The molecule has 1 heterocycles. The van der Waals surface area contributed by atoms with Crippen molar-refractivity contribution in [2.75, 3.05) is 0 Å². The molecule has 1 aromatic rings. The summed E-state index contributed by atoms with van der Waals surface area (Å²) in [5, 5.41) is 8.96. The molecular weight excluding hydrogens is 224 g/mol. The fraction of sp³-hybridized carbons (Fsp3) is 0.556. The number of hydrogen-bond acceptors (Lipinski definition) is 3. The van der Waals surface area contributed by atoms with Crippen LogP contribution in [-0.2, 0) is 23.6 Å². The molecule has 0 aliphatic heterocycles. The number of nitrogens with zero attached hydrogens (tertiary/aromatic N) is 1. The highest BCUT2D eigenvalue weighted by Crippen LogP contribution is 2.44. The molecule has 6 heteroatoms. The van der Waals surface area contributed by atoms with Crippen LogP contribution in [0.2, 0.25) is 0 Å². The molecule has 0 unspecified atom stereocenters. The van der Waals surface area contributed by atoms with E-state index in [1.165, 1.54) is 0 Å². The molecule has 3 nitrogen and oxygen atoms in total.